The highest BCUT2D eigenvalue weighted by Crippen LogP contribution is 2.23. The third-order valence-electron chi connectivity index (χ3n) is 4.01. The third-order valence-corrected chi connectivity index (χ3v) is 4.01. The van der Waals surface area contributed by atoms with E-state index in [-0.39, 0.29) is 12.5 Å². The van der Waals surface area contributed by atoms with Crippen LogP contribution in [0.25, 0.3) is 16.9 Å². The van der Waals surface area contributed by atoms with E-state index in [4.69, 9.17) is 0 Å². The van der Waals surface area contributed by atoms with Crippen molar-refractivity contribution < 1.29 is 9.90 Å². The average molecular weight is 324 g/mol. The lowest BCUT2D eigenvalue weighted by atomic mass is 10.0. The van der Waals surface area contributed by atoms with E-state index in [9.17, 15) is 9.90 Å². The van der Waals surface area contributed by atoms with Crippen molar-refractivity contribution in [2.24, 2.45) is 0 Å². The molecule has 0 saturated carbocycles. The van der Waals surface area contributed by atoms with Gasteiger partial charge in [0.2, 0.25) is 0 Å². The van der Waals surface area contributed by atoms with Crippen molar-refractivity contribution in [2.45, 2.75) is 26.9 Å². The lowest BCUT2D eigenvalue weighted by molar-refractivity contribution is 0.0925. The molecule has 1 atom stereocenters. The molecular formula is C18H20N4O2. The summed E-state index contributed by atoms with van der Waals surface area (Å²) in [5.41, 5.74) is 5.19. The van der Waals surface area contributed by atoms with Gasteiger partial charge >= 0.3 is 0 Å². The quantitative estimate of drug-likeness (QED) is 0.770. The SMILES string of the molecule is Cc1ccc(-c2ccnc3c(C(=O)NC[C@H](C)O)cnn23)cc1C. The number of nitrogens with zero attached hydrogens (tertiary/aromatic N) is 3. The maximum Gasteiger partial charge on any atom is 0.256 e. The molecule has 1 aromatic carbocycles. The average Bonchev–Trinajstić information content (AvgIpc) is 2.99. The van der Waals surface area contributed by atoms with Gasteiger partial charge in [-0.3, -0.25) is 4.79 Å². The Morgan fingerprint density at radius 2 is 2.08 bits per heavy atom. The predicted octanol–water partition coefficient (Wildman–Crippen LogP) is 2.12. The fourth-order valence-corrected chi connectivity index (χ4v) is 2.51. The molecule has 6 heteroatoms. The number of carbonyl (C=O) groups is 1. The zero-order chi connectivity index (χ0) is 17.3. The van der Waals surface area contributed by atoms with Crippen LogP contribution >= 0.6 is 0 Å². The molecule has 0 aliphatic carbocycles. The van der Waals surface area contributed by atoms with E-state index in [0.29, 0.717) is 11.2 Å². The van der Waals surface area contributed by atoms with Gasteiger partial charge in [0.05, 0.1) is 18.0 Å². The number of aliphatic hydroxyl groups is 1. The maximum atomic E-state index is 12.3. The Morgan fingerprint density at radius 3 is 2.79 bits per heavy atom. The van der Waals surface area contributed by atoms with Crippen LogP contribution < -0.4 is 5.32 Å². The first-order valence-corrected chi connectivity index (χ1v) is 7.84. The summed E-state index contributed by atoms with van der Waals surface area (Å²) >= 11 is 0. The molecule has 0 radical (unpaired) electrons. The van der Waals surface area contributed by atoms with Crippen molar-refractivity contribution in [2.75, 3.05) is 6.54 Å². The van der Waals surface area contributed by atoms with Gasteiger partial charge < -0.3 is 10.4 Å². The Labute approximate surface area is 140 Å². The van der Waals surface area contributed by atoms with Crippen LogP contribution in [-0.2, 0) is 0 Å². The summed E-state index contributed by atoms with van der Waals surface area (Å²) in [7, 11) is 0. The van der Waals surface area contributed by atoms with E-state index >= 15 is 0 Å². The maximum absolute atomic E-state index is 12.3. The molecule has 1 amide bonds. The van der Waals surface area contributed by atoms with E-state index in [0.717, 1.165) is 11.3 Å². The van der Waals surface area contributed by atoms with Gasteiger partial charge in [0.25, 0.3) is 5.91 Å². The largest absolute Gasteiger partial charge is 0.392 e. The molecule has 0 aliphatic heterocycles. The molecular weight excluding hydrogens is 304 g/mol. The van der Waals surface area contributed by atoms with Gasteiger partial charge in [-0.05, 0) is 44.0 Å². The Hall–Kier alpha value is -2.73. The zero-order valence-corrected chi connectivity index (χ0v) is 13.9. The summed E-state index contributed by atoms with van der Waals surface area (Å²) in [6.07, 6.45) is 2.58. The van der Waals surface area contributed by atoms with Gasteiger partial charge in [0.1, 0.15) is 5.56 Å². The molecule has 0 unspecified atom stereocenters. The van der Waals surface area contributed by atoms with E-state index in [2.05, 4.69) is 41.4 Å². The van der Waals surface area contributed by atoms with Crippen molar-refractivity contribution in [3.63, 3.8) is 0 Å². The molecule has 2 heterocycles. The van der Waals surface area contributed by atoms with E-state index < -0.39 is 6.10 Å². The first-order valence-electron chi connectivity index (χ1n) is 7.84. The van der Waals surface area contributed by atoms with Crippen molar-refractivity contribution in [3.05, 3.63) is 53.3 Å². The highest BCUT2D eigenvalue weighted by Gasteiger charge is 2.16. The Balaban J connectivity index is 2.03. The molecule has 2 N–H and O–H groups in total. The first-order chi connectivity index (χ1) is 11.5. The van der Waals surface area contributed by atoms with Crippen LogP contribution in [0.5, 0.6) is 0 Å². The molecule has 2 aromatic heterocycles. The Morgan fingerprint density at radius 1 is 1.29 bits per heavy atom. The van der Waals surface area contributed by atoms with Gasteiger partial charge in [-0.1, -0.05) is 12.1 Å². The number of carbonyl (C=O) groups excluding carboxylic acids is 1. The zero-order valence-electron chi connectivity index (χ0n) is 13.9. The molecule has 0 saturated heterocycles. The third kappa shape index (κ3) is 3.00. The molecule has 0 fully saturated rings. The summed E-state index contributed by atoms with van der Waals surface area (Å²) in [5, 5.41) is 16.3. The molecule has 0 aliphatic rings. The Bertz CT molecular complexity index is 899. The standard InChI is InChI=1S/C18H20N4O2/c1-11-4-5-14(8-12(11)2)16-6-7-19-17-15(10-21-22(16)17)18(24)20-9-13(3)23/h4-8,10,13,23H,9H2,1-3H3,(H,20,24)/t13-/m0/s1. The Kier molecular flexibility index (Phi) is 4.31. The van der Waals surface area contributed by atoms with Crippen LogP contribution in [0.4, 0.5) is 0 Å². The molecule has 0 spiro atoms. The van der Waals surface area contributed by atoms with Crippen molar-refractivity contribution in [1.29, 1.82) is 0 Å². The van der Waals surface area contributed by atoms with Crippen LogP contribution in [0.3, 0.4) is 0 Å². The number of rotatable bonds is 4. The number of aliphatic hydroxyl groups excluding tert-OH is 1. The van der Waals surface area contributed by atoms with Crippen LogP contribution in [0.1, 0.15) is 28.4 Å². The monoisotopic (exact) mass is 324 g/mol. The molecule has 3 aromatic rings. The van der Waals surface area contributed by atoms with Gasteiger partial charge in [-0.2, -0.15) is 5.10 Å². The summed E-state index contributed by atoms with van der Waals surface area (Å²) in [5.74, 6) is -0.296. The normalized spacial score (nSPS) is 12.3. The smallest absolute Gasteiger partial charge is 0.256 e. The minimum absolute atomic E-state index is 0.188. The number of aromatic nitrogens is 3. The topological polar surface area (TPSA) is 79.5 Å². The number of hydrogen-bond donors (Lipinski definition) is 2. The second kappa shape index (κ2) is 6.41. The van der Waals surface area contributed by atoms with E-state index in [1.165, 1.54) is 17.3 Å². The number of aryl methyl sites for hydroxylation is 2. The number of fused-ring (bicyclic) bond motifs is 1. The number of benzene rings is 1. The first kappa shape index (κ1) is 16.1. The van der Waals surface area contributed by atoms with Gasteiger partial charge in [-0.25, -0.2) is 9.50 Å². The molecule has 0 bridgehead atoms. The molecule has 124 valence electrons. The van der Waals surface area contributed by atoms with Crippen molar-refractivity contribution in [3.8, 4) is 11.3 Å². The van der Waals surface area contributed by atoms with Gasteiger partial charge in [-0.15, -0.1) is 0 Å². The lowest BCUT2D eigenvalue weighted by Gasteiger charge is -2.08. The highest BCUT2D eigenvalue weighted by molar-refractivity contribution is 5.99. The number of amides is 1. The summed E-state index contributed by atoms with van der Waals surface area (Å²) in [6, 6.07) is 8.07. The van der Waals surface area contributed by atoms with Crippen LogP contribution in [-0.4, -0.2) is 38.3 Å². The predicted molar refractivity (Wildman–Crippen MR) is 91.9 cm³/mol. The highest BCUT2D eigenvalue weighted by atomic mass is 16.3. The molecule has 6 nitrogen and oxygen atoms in total. The summed E-state index contributed by atoms with van der Waals surface area (Å²) in [4.78, 5) is 16.5. The second-order valence-corrected chi connectivity index (χ2v) is 5.98. The second-order valence-electron chi connectivity index (χ2n) is 5.98. The molecule has 24 heavy (non-hydrogen) atoms. The van der Waals surface area contributed by atoms with Crippen LogP contribution in [0.2, 0.25) is 0 Å². The fourth-order valence-electron chi connectivity index (χ4n) is 2.51. The van der Waals surface area contributed by atoms with Crippen LogP contribution in [0.15, 0.2) is 36.7 Å². The van der Waals surface area contributed by atoms with Crippen molar-refractivity contribution in [1.82, 2.24) is 19.9 Å². The molecule has 3 rings (SSSR count). The summed E-state index contributed by atoms with van der Waals surface area (Å²) < 4.78 is 1.67. The minimum atomic E-state index is -0.602. The number of hydrogen-bond acceptors (Lipinski definition) is 4. The van der Waals surface area contributed by atoms with Gasteiger partial charge in [0.15, 0.2) is 5.65 Å². The van der Waals surface area contributed by atoms with Crippen molar-refractivity contribution >= 4 is 11.6 Å². The minimum Gasteiger partial charge on any atom is -0.392 e. The van der Waals surface area contributed by atoms with Gasteiger partial charge in [0, 0.05) is 18.3 Å². The summed E-state index contributed by atoms with van der Waals surface area (Å²) in [6.45, 7) is 5.94. The van der Waals surface area contributed by atoms with E-state index in [1.54, 1.807) is 17.6 Å². The fraction of sp³-hybridized carbons (Fsp3) is 0.278. The lowest BCUT2D eigenvalue weighted by Crippen LogP contribution is -2.30. The van der Waals surface area contributed by atoms with Crippen LogP contribution in [0, 0.1) is 13.8 Å². The van der Waals surface area contributed by atoms with E-state index in [1.807, 2.05) is 12.1 Å². The number of nitrogens with one attached hydrogen (secondary N) is 1.